The van der Waals surface area contributed by atoms with Crippen LogP contribution in [0, 0.1) is 5.92 Å². The number of rotatable bonds is 8. The Morgan fingerprint density at radius 1 is 1.21 bits per heavy atom. The largest absolute Gasteiger partial charge is 0.370 e. The van der Waals surface area contributed by atoms with E-state index in [9.17, 15) is 0 Å². The van der Waals surface area contributed by atoms with E-state index in [4.69, 9.17) is 4.74 Å². The summed E-state index contributed by atoms with van der Waals surface area (Å²) in [7, 11) is 0. The highest BCUT2D eigenvalue weighted by Crippen LogP contribution is 2.43. The van der Waals surface area contributed by atoms with Gasteiger partial charge in [-0.2, -0.15) is 0 Å². The van der Waals surface area contributed by atoms with Crippen LogP contribution < -0.4 is 5.32 Å². The van der Waals surface area contributed by atoms with Crippen molar-refractivity contribution in [2.45, 2.75) is 89.8 Å². The maximum atomic E-state index is 6.34. The molecule has 0 amide bonds. The van der Waals surface area contributed by atoms with E-state index in [2.05, 4.69) is 19.2 Å². The summed E-state index contributed by atoms with van der Waals surface area (Å²) in [5.74, 6) is 0.863. The van der Waals surface area contributed by atoms with Gasteiger partial charge in [0.25, 0.3) is 0 Å². The molecule has 1 aliphatic carbocycles. The maximum absolute atomic E-state index is 6.34. The van der Waals surface area contributed by atoms with Gasteiger partial charge in [-0.05, 0) is 44.6 Å². The van der Waals surface area contributed by atoms with Crippen molar-refractivity contribution >= 4 is 0 Å². The van der Waals surface area contributed by atoms with Crippen LogP contribution in [0.15, 0.2) is 0 Å². The fourth-order valence-electron chi connectivity index (χ4n) is 3.82. The lowest BCUT2D eigenvalue weighted by molar-refractivity contribution is -0.0353. The van der Waals surface area contributed by atoms with Crippen molar-refractivity contribution in [3.05, 3.63) is 0 Å². The van der Waals surface area contributed by atoms with Gasteiger partial charge in [0.15, 0.2) is 0 Å². The molecule has 2 atom stereocenters. The van der Waals surface area contributed by atoms with Gasteiger partial charge in [0, 0.05) is 6.54 Å². The minimum atomic E-state index is 0.304. The van der Waals surface area contributed by atoms with E-state index >= 15 is 0 Å². The minimum absolute atomic E-state index is 0.304. The SMILES string of the molecule is CCCCC(CC)CNCC1CCC2(CCCC2)O1. The number of ether oxygens (including phenoxy) is 1. The fraction of sp³-hybridized carbons (Fsp3) is 1.00. The monoisotopic (exact) mass is 267 g/mol. The van der Waals surface area contributed by atoms with E-state index in [-0.39, 0.29) is 0 Å². The summed E-state index contributed by atoms with van der Waals surface area (Å²) >= 11 is 0. The van der Waals surface area contributed by atoms with Gasteiger partial charge in [-0.1, -0.05) is 46.0 Å². The zero-order valence-corrected chi connectivity index (χ0v) is 13.0. The first-order valence-electron chi connectivity index (χ1n) is 8.66. The maximum Gasteiger partial charge on any atom is 0.0708 e. The molecule has 0 radical (unpaired) electrons. The van der Waals surface area contributed by atoms with Gasteiger partial charge in [-0.3, -0.25) is 0 Å². The van der Waals surface area contributed by atoms with Crippen molar-refractivity contribution in [1.82, 2.24) is 5.32 Å². The second-order valence-electron chi connectivity index (χ2n) is 6.74. The molecule has 1 spiro atoms. The number of unbranched alkanes of at least 4 members (excludes halogenated alkanes) is 1. The predicted molar refractivity (Wildman–Crippen MR) is 81.5 cm³/mol. The Morgan fingerprint density at radius 2 is 2.00 bits per heavy atom. The molecule has 2 heteroatoms. The van der Waals surface area contributed by atoms with Gasteiger partial charge in [-0.25, -0.2) is 0 Å². The molecule has 1 N–H and O–H groups in total. The zero-order chi connectivity index (χ0) is 13.6. The van der Waals surface area contributed by atoms with Gasteiger partial charge in [0.1, 0.15) is 0 Å². The van der Waals surface area contributed by atoms with Crippen LogP contribution in [0.4, 0.5) is 0 Å². The smallest absolute Gasteiger partial charge is 0.0708 e. The molecule has 2 aliphatic rings. The van der Waals surface area contributed by atoms with E-state index < -0.39 is 0 Å². The molecule has 2 rings (SSSR count). The van der Waals surface area contributed by atoms with E-state index in [1.807, 2.05) is 0 Å². The first-order chi connectivity index (χ1) is 9.28. The first kappa shape index (κ1) is 15.3. The van der Waals surface area contributed by atoms with Crippen molar-refractivity contribution in [2.75, 3.05) is 13.1 Å². The number of hydrogen-bond acceptors (Lipinski definition) is 2. The Labute approximate surface area is 119 Å². The van der Waals surface area contributed by atoms with Crippen LogP contribution in [0.2, 0.25) is 0 Å². The Hall–Kier alpha value is -0.0800. The second kappa shape index (κ2) is 7.64. The second-order valence-corrected chi connectivity index (χ2v) is 6.74. The highest BCUT2D eigenvalue weighted by atomic mass is 16.5. The molecule has 0 bridgehead atoms. The Balaban J connectivity index is 1.60. The summed E-state index contributed by atoms with van der Waals surface area (Å²) in [5.41, 5.74) is 0.304. The van der Waals surface area contributed by atoms with Crippen LogP contribution in [0.5, 0.6) is 0 Å². The van der Waals surface area contributed by atoms with Crippen LogP contribution in [0.1, 0.15) is 78.1 Å². The van der Waals surface area contributed by atoms with Gasteiger partial charge in [-0.15, -0.1) is 0 Å². The Bertz CT molecular complexity index is 248. The van der Waals surface area contributed by atoms with E-state index in [0.717, 1.165) is 12.5 Å². The van der Waals surface area contributed by atoms with Crippen LogP contribution in [-0.2, 0) is 4.74 Å². The van der Waals surface area contributed by atoms with Gasteiger partial charge >= 0.3 is 0 Å². The number of nitrogens with one attached hydrogen (secondary N) is 1. The minimum Gasteiger partial charge on any atom is -0.370 e. The lowest BCUT2D eigenvalue weighted by Crippen LogP contribution is -2.33. The molecule has 2 unspecified atom stereocenters. The number of hydrogen-bond donors (Lipinski definition) is 1. The molecule has 0 aromatic heterocycles. The van der Waals surface area contributed by atoms with Gasteiger partial charge < -0.3 is 10.1 Å². The van der Waals surface area contributed by atoms with Crippen LogP contribution in [0.25, 0.3) is 0 Å². The molecule has 2 nitrogen and oxygen atoms in total. The molecule has 0 aromatic carbocycles. The summed E-state index contributed by atoms with van der Waals surface area (Å²) in [4.78, 5) is 0. The molecule has 0 aromatic rings. The normalized spacial score (nSPS) is 27.2. The highest BCUT2D eigenvalue weighted by Gasteiger charge is 2.41. The third-order valence-electron chi connectivity index (χ3n) is 5.20. The lowest BCUT2D eigenvalue weighted by atomic mass is 9.98. The molecule has 1 saturated heterocycles. The van der Waals surface area contributed by atoms with Crippen LogP contribution >= 0.6 is 0 Å². The average Bonchev–Trinajstić information content (AvgIpc) is 3.05. The molecule has 112 valence electrons. The Morgan fingerprint density at radius 3 is 2.68 bits per heavy atom. The van der Waals surface area contributed by atoms with Crippen molar-refractivity contribution in [2.24, 2.45) is 5.92 Å². The molecule has 1 aliphatic heterocycles. The average molecular weight is 267 g/mol. The molecular formula is C17H33NO. The quantitative estimate of drug-likeness (QED) is 0.708. The predicted octanol–water partition coefficient (Wildman–Crippen LogP) is 4.28. The molecule has 1 heterocycles. The van der Waals surface area contributed by atoms with Crippen LogP contribution in [0.3, 0.4) is 0 Å². The molecule has 2 fully saturated rings. The third kappa shape index (κ3) is 4.46. The van der Waals surface area contributed by atoms with Crippen LogP contribution in [-0.4, -0.2) is 24.8 Å². The Kier molecular flexibility index (Phi) is 6.15. The van der Waals surface area contributed by atoms with E-state index in [1.54, 1.807) is 0 Å². The summed E-state index contributed by atoms with van der Waals surface area (Å²) in [6.07, 6.45) is 13.9. The van der Waals surface area contributed by atoms with Crippen molar-refractivity contribution in [1.29, 1.82) is 0 Å². The summed E-state index contributed by atoms with van der Waals surface area (Å²) < 4.78 is 6.34. The lowest BCUT2D eigenvalue weighted by Gasteiger charge is -2.24. The highest BCUT2D eigenvalue weighted by molar-refractivity contribution is 4.93. The molecular weight excluding hydrogens is 234 g/mol. The van der Waals surface area contributed by atoms with Crippen molar-refractivity contribution in [3.63, 3.8) is 0 Å². The summed E-state index contributed by atoms with van der Waals surface area (Å²) in [6, 6.07) is 0. The summed E-state index contributed by atoms with van der Waals surface area (Å²) in [6.45, 7) is 6.86. The third-order valence-corrected chi connectivity index (χ3v) is 5.20. The zero-order valence-electron chi connectivity index (χ0n) is 13.0. The molecule has 19 heavy (non-hydrogen) atoms. The van der Waals surface area contributed by atoms with E-state index in [0.29, 0.717) is 11.7 Å². The van der Waals surface area contributed by atoms with Crippen molar-refractivity contribution in [3.8, 4) is 0 Å². The standard InChI is InChI=1S/C17H33NO/c1-3-5-8-15(4-2)13-18-14-16-9-12-17(19-16)10-6-7-11-17/h15-16,18H,3-14H2,1-2H3. The van der Waals surface area contributed by atoms with Gasteiger partial charge in [0.05, 0.1) is 11.7 Å². The topological polar surface area (TPSA) is 21.3 Å². The van der Waals surface area contributed by atoms with Crippen molar-refractivity contribution < 1.29 is 4.74 Å². The molecule has 1 saturated carbocycles. The first-order valence-corrected chi connectivity index (χ1v) is 8.66. The fourth-order valence-corrected chi connectivity index (χ4v) is 3.82. The summed E-state index contributed by atoms with van der Waals surface area (Å²) in [5, 5.41) is 3.67. The van der Waals surface area contributed by atoms with Gasteiger partial charge in [0.2, 0.25) is 0 Å². The van der Waals surface area contributed by atoms with E-state index in [1.165, 1.54) is 70.8 Å².